The van der Waals surface area contributed by atoms with Crippen LogP contribution < -0.4 is 9.64 Å². The molecule has 0 N–H and O–H groups in total. The van der Waals surface area contributed by atoms with E-state index in [0.29, 0.717) is 36.8 Å². The molecule has 0 unspecified atom stereocenters. The van der Waals surface area contributed by atoms with Crippen LogP contribution in [0.5, 0.6) is 5.75 Å². The highest BCUT2D eigenvalue weighted by molar-refractivity contribution is 6.30. The maximum absolute atomic E-state index is 13.8. The number of piperazine rings is 1. The number of hydrogen-bond donors (Lipinski definition) is 0. The molecular weight excluding hydrogens is 377 g/mol. The summed E-state index contributed by atoms with van der Waals surface area (Å²) in [6.45, 7) is 1.51. The predicted octanol–water partition coefficient (Wildman–Crippen LogP) is 3.36. The Morgan fingerprint density at radius 1 is 1.22 bits per heavy atom. The lowest BCUT2D eigenvalue weighted by Gasteiger charge is -2.36. The first-order valence-electron chi connectivity index (χ1n) is 8.22. The minimum Gasteiger partial charge on any atom is -0.494 e. The van der Waals surface area contributed by atoms with Crippen molar-refractivity contribution >= 4 is 28.9 Å². The summed E-state index contributed by atoms with van der Waals surface area (Å²) in [5.41, 5.74) is 0.432. The van der Waals surface area contributed by atoms with Crippen LogP contribution in [0.2, 0.25) is 5.02 Å². The van der Waals surface area contributed by atoms with Gasteiger partial charge in [-0.1, -0.05) is 17.7 Å². The summed E-state index contributed by atoms with van der Waals surface area (Å²) in [6, 6.07) is 8.87. The van der Waals surface area contributed by atoms with Gasteiger partial charge in [-0.2, -0.15) is 0 Å². The Morgan fingerprint density at radius 2 is 1.93 bits per heavy atom. The second-order valence-electron chi connectivity index (χ2n) is 6.02. The van der Waals surface area contributed by atoms with Gasteiger partial charge in [0.1, 0.15) is 5.69 Å². The van der Waals surface area contributed by atoms with Gasteiger partial charge in [-0.25, -0.2) is 4.39 Å². The molecule has 1 aliphatic heterocycles. The topological polar surface area (TPSA) is 75.9 Å². The quantitative estimate of drug-likeness (QED) is 0.588. The third-order valence-electron chi connectivity index (χ3n) is 4.42. The number of rotatable bonds is 4. The van der Waals surface area contributed by atoms with Crippen LogP contribution in [0.4, 0.5) is 15.8 Å². The van der Waals surface area contributed by atoms with Gasteiger partial charge < -0.3 is 14.5 Å². The molecule has 0 bridgehead atoms. The number of anilines is 1. The largest absolute Gasteiger partial charge is 0.494 e. The van der Waals surface area contributed by atoms with Gasteiger partial charge in [-0.3, -0.25) is 14.9 Å². The monoisotopic (exact) mass is 393 g/mol. The number of ether oxygens (including phenoxy) is 1. The Hall–Kier alpha value is -2.87. The normalized spacial score (nSPS) is 14.2. The van der Waals surface area contributed by atoms with E-state index in [0.717, 1.165) is 6.07 Å². The molecule has 1 amide bonds. The van der Waals surface area contributed by atoms with Crippen LogP contribution >= 0.6 is 11.6 Å². The van der Waals surface area contributed by atoms with E-state index in [1.807, 2.05) is 0 Å². The SMILES string of the molecule is COc1cc(N2CCN(C(=O)c3cccc(Cl)c3)CC2)c([N+](=O)[O-])cc1F. The third kappa shape index (κ3) is 3.95. The average molecular weight is 394 g/mol. The first-order chi connectivity index (χ1) is 12.9. The molecule has 0 spiro atoms. The van der Waals surface area contributed by atoms with Gasteiger partial charge in [0.15, 0.2) is 11.6 Å². The number of nitrogens with zero attached hydrogens (tertiary/aromatic N) is 3. The molecule has 1 heterocycles. The van der Waals surface area contributed by atoms with Gasteiger partial charge in [-0.05, 0) is 18.2 Å². The zero-order chi connectivity index (χ0) is 19.6. The first kappa shape index (κ1) is 18.9. The molecule has 9 heteroatoms. The smallest absolute Gasteiger partial charge is 0.295 e. The number of carbonyl (C=O) groups excluding carboxylic acids is 1. The number of methoxy groups -OCH3 is 1. The Labute approximate surface area is 160 Å². The Kier molecular flexibility index (Phi) is 5.46. The first-order valence-corrected chi connectivity index (χ1v) is 8.60. The van der Waals surface area contributed by atoms with E-state index in [1.54, 1.807) is 34.1 Å². The van der Waals surface area contributed by atoms with Crippen LogP contribution in [0.15, 0.2) is 36.4 Å². The summed E-state index contributed by atoms with van der Waals surface area (Å²) < 4.78 is 18.8. The van der Waals surface area contributed by atoms with Crippen LogP contribution in [0, 0.1) is 15.9 Å². The van der Waals surface area contributed by atoms with Gasteiger partial charge >= 0.3 is 0 Å². The van der Waals surface area contributed by atoms with Crippen molar-refractivity contribution in [1.29, 1.82) is 0 Å². The zero-order valence-corrected chi connectivity index (χ0v) is 15.3. The number of carbonyl (C=O) groups is 1. The van der Waals surface area contributed by atoms with E-state index in [1.165, 1.54) is 13.2 Å². The average Bonchev–Trinajstić information content (AvgIpc) is 2.67. The Balaban J connectivity index is 1.78. The van der Waals surface area contributed by atoms with Gasteiger partial charge in [0, 0.05) is 42.8 Å². The van der Waals surface area contributed by atoms with Crippen molar-refractivity contribution in [3.8, 4) is 5.75 Å². The van der Waals surface area contributed by atoms with E-state index in [-0.39, 0.29) is 23.0 Å². The summed E-state index contributed by atoms with van der Waals surface area (Å²) in [5, 5.41) is 11.8. The van der Waals surface area contributed by atoms with Crippen LogP contribution in [0.25, 0.3) is 0 Å². The van der Waals surface area contributed by atoms with Crippen LogP contribution in [-0.2, 0) is 0 Å². The van der Waals surface area contributed by atoms with Gasteiger partial charge in [-0.15, -0.1) is 0 Å². The third-order valence-corrected chi connectivity index (χ3v) is 4.66. The molecule has 142 valence electrons. The number of nitro benzene ring substituents is 1. The predicted molar refractivity (Wildman–Crippen MR) is 99.2 cm³/mol. The van der Waals surface area contributed by atoms with Crippen molar-refractivity contribution in [3.05, 3.63) is 62.9 Å². The molecule has 1 saturated heterocycles. The highest BCUT2D eigenvalue weighted by atomic mass is 35.5. The molecule has 1 aliphatic rings. The highest BCUT2D eigenvalue weighted by Crippen LogP contribution is 2.35. The maximum atomic E-state index is 13.8. The Bertz CT molecular complexity index is 885. The van der Waals surface area contributed by atoms with Gasteiger partial charge in [0.2, 0.25) is 0 Å². The minimum atomic E-state index is -0.789. The fraction of sp³-hybridized carbons (Fsp3) is 0.278. The molecule has 0 atom stereocenters. The van der Waals surface area contributed by atoms with E-state index >= 15 is 0 Å². The summed E-state index contributed by atoms with van der Waals surface area (Å²) in [6.07, 6.45) is 0. The molecule has 0 radical (unpaired) electrons. The number of hydrogen-bond acceptors (Lipinski definition) is 5. The molecule has 0 saturated carbocycles. The van der Waals surface area contributed by atoms with E-state index in [9.17, 15) is 19.3 Å². The van der Waals surface area contributed by atoms with Gasteiger partial charge in [0.25, 0.3) is 11.6 Å². The summed E-state index contributed by atoms with van der Waals surface area (Å²) >= 11 is 5.93. The number of benzene rings is 2. The van der Waals surface area contributed by atoms with Crippen molar-refractivity contribution in [1.82, 2.24) is 4.90 Å². The molecule has 3 rings (SSSR count). The fourth-order valence-electron chi connectivity index (χ4n) is 3.04. The summed E-state index contributed by atoms with van der Waals surface area (Å²) in [4.78, 5) is 26.7. The molecule has 27 heavy (non-hydrogen) atoms. The molecule has 0 aromatic heterocycles. The van der Waals surface area contributed by atoms with Crippen LogP contribution in [0.3, 0.4) is 0 Å². The lowest BCUT2D eigenvalue weighted by molar-refractivity contribution is -0.384. The maximum Gasteiger partial charge on any atom is 0.295 e. The van der Waals surface area contributed by atoms with Crippen LogP contribution in [0.1, 0.15) is 10.4 Å². The summed E-state index contributed by atoms with van der Waals surface area (Å²) in [5.74, 6) is -1.00. The fourth-order valence-corrected chi connectivity index (χ4v) is 3.23. The molecule has 2 aromatic rings. The molecule has 0 aliphatic carbocycles. The standard InChI is InChI=1S/C18H17ClFN3O4/c1-27-17-11-15(16(23(25)26)10-14(17)20)21-5-7-22(8-6-21)18(24)12-3-2-4-13(19)9-12/h2-4,9-11H,5-8H2,1H3. The van der Waals surface area contributed by atoms with Crippen molar-refractivity contribution in [2.24, 2.45) is 0 Å². The van der Waals surface area contributed by atoms with Crippen molar-refractivity contribution in [3.63, 3.8) is 0 Å². The van der Waals surface area contributed by atoms with Crippen molar-refractivity contribution < 1.29 is 18.8 Å². The van der Waals surface area contributed by atoms with Crippen LogP contribution in [-0.4, -0.2) is 49.0 Å². The zero-order valence-electron chi connectivity index (χ0n) is 14.5. The molecule has 7 nitrogen and oxygen atoms in total. The van der Waals surface area contributed by atoms with Gasteiger partial charge in [0.05, 0.1) is 18.1 Å². The summed E-state index contributed by atoms with van der Waals surface area (Å²) in [7, 11) is 1.30. The van der Waals surface area contributed by atoms with E-state index < -0.39 is 10.7 Å². The Morgan fingerprint density at radius 3 is 2.52 bits per heavy atom. The number of amides is 1. The molecular formula is C18H17ClFN3O4. The number of nitro groups is 1. The lowest BCUT2D eigenvalue weighted by atomic mass is 10.1. The van der Waals surface area contributed by atoms with Crippen molar-refractivity contribution in [2.75, 3.05) is 38.2 Å². The minimum absolute atomic E-state index is 0.0620. The van der Waals surface area contributed by atoms with Crippen molar-refractivity contribution in [2.45, 2.75) is 0 Å². The number of halogens is 2. The molecule has 1 fully saturated rings. The lowest BCUT2D eigenvalue weighted by Crippen LogP contribution is -2.49. The van der Waals surface area contributed by atoms with E-state index in [4.69, 9.17) is 16.3 Å². The molecule has 2 aromatic carbocycles. The second-order valence-corrected chi connectivity index (χ2v) is 6.46. The highest BCUT2D eigenvalue weighted by Gasteiger charge is 2.28. The second kappa shape index (κ2) is 7.79. The van der Waals surface area contributed by atoms with E-state index in [2.05, 4.69) is 0 Å².